The Hall–Kier alpha value is -1.22. The number of nitrogens with zero attached hydrogens (tertiary/aromatic N) is 1. The molecule has 0 saturated heterocycles. The molecule has 1 aliphatic carbocycles. The molecule has 1 fully saturated rings. The van der Waals surface area contributed by atoms with Gasteiger partial charge in [-0.25, -0.2) is 13.1 Å². The van der Waals surface area contributed by atoms with Gasteiger partial charge in [0.2, 0.25) is 0 Å². The summed E-state index contributed by atoms with van der Waals surface area (Å²) in [6.07, 6.45) is 5.75. The predicted octanol–water partition coefficient (Wildman–Crippen LogP) is 1.76. The van der Waals surface area contributed by atoms with Gasteiger partial charge in [-0.15, -0.1) is 11.3 Å². The zero-order valence-corrected chi connectivity index (χ0v) is 13.3. The maximum Gasteiger partial charge on any atom is 0.250 e. The average Bonchev–Trinajstić information content (AvgIpc) is 2.96. The van der Waals surface area contributed by atoms with Crippen molar-refractivity contribution in [3.63, 3.8) is 0 Å². The maximum absolute atomic E-state index is 12.3. The number of hydrogen-bond donors (Lipinski definition) is 3. The lowest BCUT2D eigenvalue weighted by Gasteiger charge is -2.11. The molecule has 1 saturated carbocycles. The Balaban J connectivity index is 1.66. The second-order valence-electron chi connectivity index (χ2n) is 5.30. The molecular formula is C13H18N4O2S2. The summed E-state index contributed by atoms with van der Waals surface area (Å²) in [5, 5.41) is 11.8. The molecule has 0 amide bonds. The molecule has 1 atom stereocenters. The van der Waals surface area contributed by atoms with E-state index in [0.717, 1.165) is 17.7 Å². The van der Waals surface area contributed by atoms with Gasteiger partial charge in [0.1, 0.15) is 4.21 Å². The van der Waals surface area contributed by atoms with Crippen LogP contribution in [-0.2, 0) is 16.6 Å². The molecular weight excluding hydrogens is 308 g/mol. The van der Waals surface area contributed by atoms with Gasteiger partial charge in [-0.05, 0) is 36.8 Å². The number of aromatic nitrogens is 2. The normalized spacial score (nSPS) is 17.0. The first-order chi connectivity index (χ1) is 10.0. The van der Waals surface area contributed by atoms with Crippen molar-refractivity contribution in [2.75, 3.05) is 0 Å². The van der Waals surface area contributed by atoms with Crippen LogP contribution in [0.1, 0.15) is 36.9 Å². The third-order valence-electron chi connectivity index (χ3n) is 3.42. The SMILES string of the molecule is CC(NS(=O)(=O)c1cc(CNC2CC2)cs1)c1cn[nH]c1. The van der Waals surface area contributed by atoms with Crippen LogP contribution < -0.4 is 10.0 Å². The molecule has 0 bridgehead atoms. The number of aromatic amines is 1. The highest BCUT2D eigenvalue weighted by atomic mass is 32.2. The Labute approximate surface area is 128 Å². The van der Waals surface area contributed by atoms with Gasteiger partial charge < -0.3 is 5.32 Å². The number of hydrogen-bond acceptors (Lipinski definition) is 5. The molecule has 3 N–H and O–H groups in total. The molecule has 1 unspecified atom stereocenters. The zero-order chi connectivity index (χ0) is 14.9. The number of H-pyrrole nitrogens is 1. The summed E-state index contributed by atoms with van der Waals surface area (Å²) >= 11 is 1.25. The van der Waals surface area contributed by atoms with Crippen LogP contribution in [-0.4, -0.2) is 24.7 Å². The van der Waals surface area contributed by atoms with Crippen LogP contribution in [0.25, 0.3) is 0 Å². The Morgan fingerprint density at radius 1 is 1.52 bits per heavy atom. The zero-order valence-electron chi connectivity index (χ0n) is 11.7. The maximum atomic E-state index is 12.3. The van der Waals surface area contributed by atoms with Crippen molar-refractivity contribution >= 4 is 21.4 Å². The molecule has 21 heavy (non-hydrogen) atoms. The molecule has 0 aromatic carbocycles. The lowest BCUT2D eigenvalue weighted by molar-refractivity contribution is 0.569. The fraction of sp³-hybridized carbons (Fsp3) is 0.462. The number of nitrogens with one attached hydrogen (secondary N) is 3. The van der Waals surface area contributed by atoms with Gasteiger partial charge in [0.25, 0.3) is 10.0 Å². The molecule has 114 valence electrons. The van der Waals surface area contributed by atoms with E-state index in [9.17, 15) is 8.42 Å². The van der Waals surface area contributed by atoms with Crippen LogP contribution in [0.3, 0.4) is 0 Å². The minimum absolute atomic E-state index is 0.316. The van der Waals surface area contributed by atoms with Crippen LogP contribution in [0.2, 0.25) is 0 Å². The van der Waals surface area contributed by atoms with Gasteiger partial charge in [-0.3, -0.25) is 5.10 Å². The van der Waals surface area contributed by atoms with E-state index in [-0.39, 0.29) is 6.04 Å². The highest BCUT2D eigenvalue weighted by molar-refractivity contribution is 7.91. The van der Waals surface area contributed by atoms with Crippen molar-refractivity contribution in [2.45, 2.75) is 42.6 Å². The highest BCUT2D eigenvalue weighted by Gasteiger charge is 2.22. The molecule has 0 spiro atoms. The van der Waals surface area contributed by atoms with E-state index >= 15 is 0 Å². The quantitative estimate of drug-likeness (QED) is 0.723. The minimum Gasteiger partial charge on any atom is -0.310 e. The summed E-state index contributed by atoms with van der Waals surface area (Å²) in [6, 6.07) is 2.04. The molecule has 2 heterocycles. The van der Waals surface area contributed by atoms with Gasteiger partial charge in [0.15, 0.2) is 0 Å². The van der Waals surface area contributed by atoms with Crippen molar-refractivity contribution in [2.24, 2.45) is 0 Å². The first-order valence-electron chi connectivity index (χ1n) is 6.86. The van der Waals surface area contributed by atoms with E-state index in [4.69, 9.17) is 0 Å². The van der Waals surface area contributed by atoms with Crippen LogP contribution >= 0.6 is 11.3 Å². The number of thiophene rings is 1. The molecule has 2 aromatic heterocycles. The fourth-order valence-corrected chi connectivity index (χ4v) is 4.45. The summed E-state index contributed by atoms with van der Waals surface area (Å²) in [4.78, 5) is 0. The van der Waals surface area contributed by atoms with Crippen LogP contribution in [0, 0.1) is 0 Å². The lowest BCUT2D eigenvalue weighted by Crippen LogP contribution is -2.26. The van der Waals surface area contributed by atoms with Crippen molar-refractivity contribution in [1.29, 1.82) is 0 Å². The Morgan fingerprint density at radius 3 is 3.00 bits per heavy atom. The standard InChI is InChI=1S/C13H18N4O2S2/c1-9(11-6-15-16-7-11)17-21(18,19)13-4-10(8-20-13)5-14-12-2-3-12/h4,6-9,12,14,17H,2-3,5H2,1H3,(H,15,16). The van der Waals surface area contributed by atoms with Crippen molar-refractivity contribution in [1.82, 2.24) is 20.2 Å². The molecule has 0 aliphatic heterocycles. The van der Waals surface area contributed by atoms with Crippen molar-refractivity contribution in [3.8, 4) is 0 Å². The van der Waals surface area contributed by atoms with Crippen molar-refractivity contribution in [3.05, 3.63) is 35.0 Å². The summed E-state index contributed by atoms with van der Waals surface area (Å²) in [5.41, 5.74) is 1.83. The van der Waals surface area contributed by atoms with Gasteiger partial charge in [-0.2, -0.15) is 5.10 Å². The fourth-order valence-electron chi connectivity index (χ4n) is 1.99. The van der Waals surface area contributed by atoms with Gasteiger partial charge in [0.05, 0.1) is 6.20 Å². The Kier molecular flexibility index (Phi) is 4.12. The topological polar surface area (TPSA) is 86.9 Å². The van der Waals surface area contributed by atoms with Gasteiger partial charge >= 0.3 is 0 Å². The highest BCUT2D eigenvalue weighted by Crippen LogP contribution is 2.24. The third kappa shape index (κ3) is 3.70. The van der Waals surface area contributed by atoms with Gasteiger partial charge in [0, 0.05) is 30.4 Å². The van der Waals surface area contributed by atoms with Gasteiger partial charge in [-0.1, -0.05) is 0 Å². The molecule has 6 nitrogen and oxygen atoms in total. The van der Waals surface area contributed by atoms with Crippen LogP contribution in [0.5, 0.6) is 0 Å². The summed E-state index contributed by atoms with van der Waals surface area (Å²) in [5.74, 6) is 0. The second-order valence-corrected chi connectivity index (χ2v) is 8.16. The van der Waals surface area contributed by atoms with Crippen LogP contribution in [0.15, 0.2) is 28.0 Å². The van der Waals surface area contributed by atoms with E-state index in [2.05, 4.69) is 20.2 Å². The Morgan fingerprint density at radius 2 is 2.33 bits per heavy atom. The van der Waals surface area contributed by atoms with E-state index in [1.165, 1.54) is 24.2 Å². The largest absolute Gasteiger partial charge is 0.310 e. The molecule has 2 aromatic rings. The first-order valence-corrected chi connectivity index (χ1v) is 9.23. The molecule has 1 aliphatic rings. The van der Waals surface area contributed by atoms with E-state index < -0.39 is 10.0 Å². The predicted molar refractivity (Wildman–Crippen MR) is 81.5 cm³/mol. The van der Waals surface area contributed by atoms with E-state index in [1.54, 1.807) is 25.4 Å². The summed E-state index contributed by atoms with van der Waals surface area (Å²) < 4.78 is 27.7. The Bertz CT molecular complexity index is 690. The monoisotopic (exact) mass is 326 g/mol. The first kappa shape index (κ1) is 14.7. The second kappa shape index (κ2) is 5.88. The molecule has 3 rings (SSSR count). The average molecular weight is 326 g/mol. The van der Waals surface area contributed by atoms with Crippen molar-refractivity contribution < 1.29 is 8.42 Å². The summed E-state index contributed by atoms with van der Waals surface area (Å²) in [7, 11) is -3.49. The molecule has 0 radical (unpaired) electrons. The van der Waals surface area contributed by atoms with Crippen LogP contribution in [0.4, 0.5) is 0 Å². The summed E-state index contributed by atoms with van der Waals surface area (Å²) in [6.45, 7) is 2.53. The third-order valence-corrected chi connectivity index (χ3v) is 6.45. The number of sulfonamides is 1. The molecule has 8 heteroatoms. The van der Waals surface area contributed by atoms with E-state index in [1.807, 2.05) is 5.38 Å². The van der Waals surface area contributed by atoms with E-state index in [0.29, 0.717) is 10.3 Å². The lowest BCUT2D eigenvalue weighted by atomic mass is 10.2. The smallest absolute Gasteiger partial charge is 0.250 e. The number of rotatable bonds is 7. The minimum atomic E-state index is -3.49.